The molecule has 0 N–H and O–H groups in total. The number of carbonyl (C=O) groups excluding carboxylic acids is 1. The number of rotatable bonds is 0. The fourth-order valence-corrected chi connectivity index (χ4v) is 1.23. The molecule has 1 aliphatic rings. The lowest BCUT2D eigenvalue weighted by atomic mass is 10.1. The molecule has 0 saturated carbocycles. The molecule has 1 heterocycles. The summed E-state index contributed by atoms with van der Waals surface area (Å²) < 4.78 is 79.7. The van der Waals surface area contributed by atoms with Gasteiger partial charge >= 0.3 is 6.11 Å². The Labute approximate surface area is 83.4 Å². The number of ketones is 1. The standard InChI is InChI=1S/C8F6O2/c9-2-1-6(5(12)4(11)3(2)10)16-8(13,14)7(1)15. The van der Waals surface area contributed by atoms with E-state index in [9.17, 15) is 31.1 Å². The maximum Gasteiger partial charge on any atom is 0.466 e. The van der Waals surface area contributed by atoms with Crippen LogP contribution in [0.4, 0.5) is 26.3 Å². The fourth-order valence-electron chi connectivity index (χ4n) is 1.23. The van der Waals surface area contributed by atoms with Gasteiger partial charge in [-0.1, -0.05) is 0 Å². The number of halogens is 6. The summed E-state index contributed by atoms with van der Waals surface area (Å²) in [6.07, 6.45) is -4.52. The zero-order valence-electron chi connectivity index (χ0n) is 7.08. The zero-order valence-corrected chi connectivity index (χ0v) is 7.08. The summed E-state index contributed by atoms with van der Waals surface area (Å²) in [5.41, 5.74) is -1.62. The molecule has 1 aromatic carbocycles. The second-order valence-electron chi connectivity index (χ2n) is 2.91. The van der Waals surface area contributed by atoms with E-state index in [0.717, 1.165) is 0 Å². The van der Waals surface area contributed by atoms with Crippen molar-refractivity contribution in [1.82, 2.24) is 0 Å². The first-order valence-corrected chi connectivity index (χ1v) is 3.75. The quantitative estimate of drug-likeness (QED) is 0.396. The molecule has 8 heteroatoms. The van der Waals surface area contributed by atoms with Crippen molar-refractivity contribution in [2.75, 3.05) is 0 Å². The van der Waals surface area contributed by atoms with Crippen LogP contribution in [0.5, 0.6) is 5.75 Å². The summed E-state index contributed by atoms with van der Waals surface area (Å²) in [6.45, 7) is 0. The van der Waals surface area contributed by atoms with E-state index in [2.05, 4.69) is 4.74 Å². The van der Waals surface area contributed by atoms with Crippen molar-refractivity contribution in [3.63, 3.8) is 0 Å². The Morgan fingerprint density at radius 2 is 1.38 bits per heavy atom. The molecule has 86 valence electrons. The summed E-state index contributed by atoms with van der Waals surface area (Å²) in [7, 11) is 0. The largest absolute Gasteiger partial charge is 0.466 e. The first-order chi connectivity index (χ1) is 7.27. The van der Waals surface area contributed by atoms with Gasteiger partial charge in [0.1, 0.15) is 5.56 Å². The van der Waals surface area contributed by atoms with Crippen LogP contribution in [0.1, 0.15) is 10.4 Å². The molecule has 0 aromatic heterocycles. The van der Waals surface area contributed by atoms with E-state index >= 15 is 0 Å². The van der Waals surface area contributed by atoms with E-state index in [1.165, 1.54) is 0 Å². The first-order valence-electron chi connectivity index (χ1n) is 3.75. The topological polar surface area (TPSA) is 26.3 Å². The van der Waals surface area contributed by atoms with Crippen molar-refractivity contribution in [2.45, 2.75) is 6.11 Å². The van der Waals surface area contributed by atoms with Gasteiger partial charge in [0.2, 0.25) is 11.6 Å². The van der Waals surface area contributed by atoms with Gasteiger partial charge in [-0.05, 0) is 0 Å². The third kappa shape index (κ3) is 1.12. The highest BCUT2D eigenvalue weighted by Crippen LogP contribution is 2.42. The average Bonchev–Trinajstić information content (AvgIpc) is 2.45. The first kappa shape index (κ1) is 10.8. The number of hydrogen-bond donors (Lipinski definition) is 0. The minimum absolute atomic E-state index is 1.62. The lowest BCUT2D eigenvalue weighted by Crippen LogP contribution is -2.28. The monoisotopic (exact) mass is 242 g/mol. The van der Waals surface area contributed by atoms with Crippen molar-refractivity contribution < 1.29 is 35.9 Å². The number of Topliss-reactive ketones (excluding diaryl/α,β-unsaturated/α-hetero) is 1. The third-order valence-corrected chi connectivity index (χ3v) is 1.95. The second-order valence-corrected chi connectivity index (χ2v) is 2.91. The predicted octanol–water partition coefficient (Wildman–Crippen LogP) is 2.41. The van der Waals surface area contributed by atoms with Gasteiger partial charge in [-0.25, -0.2) is 13.2 Å². The van der Waals surface area contributed by atoms with Crippen LogP contribution in [-0.4, -0.2) is 11.9 Å². The van der Waals surface area contributed by atoms with Crippen molar-refractivity contribution in [1.29, 1.82) is 0 Å². The van der Waals surface area contributed by atoms with Crippen LogP contribution in [-0.2, 0) is 0 Å². The van der Waals surface area contributed by atoms with Crippen molar-refractivity contribution >= 4 is 5.78 Å². The van der Waals surface area contributed by atoms with Crippen LogP contribution in [0, 0.1) is 23.3 Å². The highest BCUT2D eigenvalue weighted by atomic mass is 19.3. The van der Waals surface area contributed by atoms with Gasteiger partial charge in [0.25, 0.3) is 5.78 Å². The second kappa shape index (κ2) is 2.89. The molecule has 2 nitrogen and oxygen atoms in total. The summed E-state index contributed by atoms with van der Waals surface area (Å²) in [5.74, 6) is -12.9. The van der Waals surface area contributed by atoms with E-state index in [1.807, 2.05) is 0 Å². The summed E-state index contributed by atoms with van der Waals surface area (Å²) in [5, 5.41) is 0. The molecule has 0 atom stereocenters. The molecule has 0 saturated heterocycles. The van der Waals surface area contributed by atoms with E-state index in [0.29, 0.717) is 0 Å². The minimum atomic E-state index is -4.52. The van der Waals surface area contributed by atoms with Gasteiger partial charge in [-0.3, -0.25) is 4.79 Å². The van der Waals surface area contributed by atoms with Gasteiger partial charge < -0.3 is 4.74 Å². The molecule has 0 radical (unpaired) electrons. The molecule has 1 aliphatic heterocycles. The summed E-state index contributed by atoms with van der Waals surface area (Å²) >= 11 is 0. The Morgan fingerprint density at radius 1 is 0.875 bits per heavy atom. The summed E-state index contributed by atoms with van der Waals surface area (Å²) in [6, 6.07) is 0. The lowest BCUT2D eigenvalue weighted by Gasteiger charge is -2.05. The Kier molecular flexibility index (Phi) is 1.95. The highest BCUT2D eigenvalue weighted by Gasteiger charge is 2.54. The highest BCUT2D eigenvalue weighted by molar-refractivity contribution is 6.05. The van der Waals surface area contributed by atoms with Gasteiger partial charge in [0.15, 0.2) is 17.4 Å². The van der Waals surface area contributed by atoms with Crippen LogP contribution in [0.15, 0.2) is 0 Å². The maximum absolute atomic E-state index is 12.9. The minimum Gasteiger partial charge on any atom is -0.422 e. The van der Waals surface area contributed by atoms with Gasteiger partial charge in [-0.2, -0.15) is 13.2 Å². The summed E-state index contributed by atoms with van der Waals surface area (Å²) in [4.78, 5) is 10.8. The van der Waals surface area contributed by atoms with Crippen molar-refractivity contribution in [3.8, 4) is 5.75 Å². The fraction of sp³-hybridized carbons (Fsp3) is 0.125. The van der Waals surface area contributed by atoms with E-state index < -0.39 is 46.5 Å². The lowest BCUT2D eigenvalue weighted by molar-refractivity contribution is -0.125. The van der Waals surface area contributed by atoms with E-state index in [-0.39, 0.29) is 0 Å². The molecule has 2 rings (SSSR count). The van der Waals surface area contributed by atoms with Crippen LogP contribution >= 0.6 is 0 Å². The van der Waals surface area contributed by atoms with Crippen molar-refractivity contribution in [3.05, 3.63) is 28.8 Å². The Morgan fingerprint density at radius 3 is 1.94 bits per heavy atom. The molecule has 0 bridgehead atoms. The number of fused-ring (bicyclic) bond motifs is 1. The van der Waals surface area contributed by atoms with Gasteiger partial charge in [0.05, 0.1) is 0 Å². The number of alkyl halides is 2. The molecular weight excluding hydrogens is 242 g/mol. The SMILES string of the molecule is O=C1c2c(F)c(F)c(F)c(F)c2OC1(F)F. The van der Waals surface area contributed by atoms with E-state index in [4.69, 9.17) is 0 Å². The molecule has 0 amide bonds. The molecule has 1 aromatic rings. The molecule has 16 heavy (non-hydrogen) atoms. The Balaban J connectivity index is 2.82. The number of benzene rings is 1. The molecular formula is C8F6O2. The van der Waals surface area contributed by atoms with Crippen LogP contribution in [0.3, 0.4) is 0 Å². The molecule has 0 spiro atoms. The number of carbonyl (C=O) groups is 1. The Bertz CT molecular complexity index is 510. The molecule has 0 unspecified atom stereocenters. The Hall–Kier alpha value is -1.73. The smallest absolute Gasteiger partial charge is 0.422 e. The van der Waals surface area contributed by atoms with Crippen molar-refractivity contribution in [2.24, 2.45) is 0 Å². The predicted molar refractivity (Wildman–Crippen MR) is 36.2 cm³/mol. The van der Waals surface area contributed by atoms with Crippen LogP contribution < -0.4 is 4.74 Å². The third-order valence-electron chi connectivity index (χ3n) is 1.95. The van der Waals surface area contributed by atoms with Crippen LogP contribution in [0.2, 0.25) is 0 Å². The normalized spacial score (nSPS) is 17.2. The molecule has 0 fully saturated rings. The van der Waals surface area contributed by atoms with Gasteiger partial charge in [0, 0.05) is 0 Å². The maximum atomic E-state index is 12.9. The van der Waals surface area contributed by atoms with Gasteiger partial charge in [-0.15, -0.1) is 0 Å². The number of hydrogen-bond acceptors (Lipinski definition) is 2. The molecule has 0 aliphatic carbocycles. The van der Waals surface area contributed by atoms with Crippen LogP contribution in [0.25, 0.3) is 0 Å². The zero-order chi connectivity index (χ0) is 12.2. The van der Waals surface area contributed by atoms with E-state index in [1.54, 1.807) is 0 Å². The average molecular weight is 242 g/mol. The number of ether oxygens (including phenoxy) is 1.